The molecule has 4 aromatic rings. The van der Waals surface area contributed by atoms with Crippen LogP contribution in [0.5, 0.6) is 5.88 Å². The van der Waals surface area contributed by atoms with Gasteiger partial charge in [-0.2, -0.15) is 0 Å². The molecule has 10 nitrogen and oxygen atoms in total. The van der Waals surface area contributed by atoms with E-state index in [0.717, 1.165) is 11.1 Å². The number of carbonyl (C=O) groups excluding carboxylic acids is 1. The van der Waals surface area contributed by atoms with Crippen molar-refractivity contribution in [3.8, 4) is 17.1 Å². The van der Waals surface area contributed by atoms with Gasteiger partial charge in [0.15, 0.2) is 0 Å². The van der Waals surface area contributed by atoms with E-state index in [4.69, 9.17) is 4.74 Å². The standard InChI is InChI=1S/C29H27FN6O4S/c1-2-40-27-16-31-15-24(34-27)18-7-10-23(22(30)11-18)35-28(37)29(13-19-5-3-4-6-20(19)14-29)25-12-26(33-17-32-25)36-41(38,39)21-8-9-21/h3-7,10-12,15-17,21H,2,8-9,13-14H2,1H3,(H,35,37)(H,32,33,36). The van der Waals surface area contributed by atoms with Gasteiger partial charge in [0.2, 0.25) is 21.8 Å². The van der Waals surface area contributed by atoms with Gasteiger partial charge in [-0.3, -0.25) is 14.5 Å². The van der Waals surface area contributed by atoms with Crippen LogP contribution in [-0.2, 0) is 33.1 Å². The molecule has 1 fully saturated rings. The van der Waals surface area contributed by atoms with E-state index >= 15 is 4.39 Å². The Morgan fingerprint density at radius 2 is 1.83 bits per heavy atom. The first kappa shape index (κ1) is 26.8. The summed E-state index contributed by atoms with van der Waals surface area (Å²) >= 11 is 0. The van der Waals surface area contributed by atoms with Gasteiger partial charge in [-0.25, -0.2) is 27.8 Å². The number of hydrogen-bond acceptors (Lipinski definition) is 8. The van der Waals surface area contributed by atoms with Crippen molar-refractivity contribution in [1.29, 1.82) is 0 Å². The number of nitrogens with zero attached hydrogens (tertiary/aromatic N) is 4. The number of sulfonamides is 1. The summed E-state index contributed by atoms with van der Waals surface area (Å²) < 4.78 is 48.3. The number of ether oxygens (including phenoxy) is 1. The first-order valence-electron chi connectivity index (χ1n) is 13.2. The van der Waals surface area contributed by atoms with Crippen LogP contribution in [0.4, 0.5) is 15.9 Å². The van der Waals surface area contributed by atoms with Crippen molar-refractivity contribution in [3.63, 3.8) is 0 Å². The largest absolute Gasteiger partial charge is 0.477 e. The van der Waals surface area contributed by atoms with E-state index in [1.807, 2.05) is 31.2 Å². The van der Waals surface area contributed by atoms with Crippen molar-refractivity contribution in [3.05, 3.63) is 89.9 Å². The van der Waals surface area contributed by atoms with Gasteiger partial charge in [-0.15, -0.1) is 0 Å². The molecule has 2 aromatic heterocycles. The molecule has 0 bridgehead atoms. The van der Waals surface area contributed by atoms with E-state index in [0.29, 0.717) is 55.1 Å². The minimum absolute atomic E-state index is 0.00767. The van der Waals surface area contributed by atoms with E-state index in [1.54, 1.807) is 6.07 Å². The van der Waals surface area contributed by atoms with Crippen LogP contribution in [0.25, 0.3) is 11.3 Å². The lowest BCUT2D eigenvalue weighted by molar-refractivity contribution is -0.121. The van der Waals surface area contributed by atoms with E-state index < -0.39 is 32.4 Å². The molecule has 0 radical (unpaired) electrons. The molecule has 2 aliphatic rings. The summed E-state index contributed by atoms with van der Waals surface area (Å²) in [6.07, 6.45) is 6.04. The van der Waals surface area contributed by atoms with Crippen LogP contribution in [0.3, 0.4) is 0 Å². The second kappa shape index (κ2) is 10.5. The lowest BCUT2D eigenvalue weighted by Crippen LogP contribution is -2.42. The quantitative estimate of drug-likeness (QED) is 0.306. The molecule has 2 N–H and O–H groups in total. The Bertz CT molecular complexity index is 1720. The lowest BCUT2D eigenvalue weighted by atomic mass is 9.79. The normalized spacial score (nSPS) is 15.7. The SMILES string of the molecule is CCOc1cncc(-c2ccc(NC(=O)C3(c4cc(NS(=O)(=O)C5CC5)ncn4)Cc4ccccc4C3)c(F)c2)n1. The smallest absolute Gasteiger partial charge is 0.237 e. The molecule has 1 saturated carbocycles. The van der Waals surface area contributed by atoms with Gasteiger partial charge in [0.05, 0.1) is 46.7 Å². The zero-order valence-corrected chi connectivity index (χ0v) is 23.0. The zero-order chi connectivity index (χ0) is 28.6. The van der Waals surface area contributed by atoms with Crippen LogP contribution in [0.15, 0.2) is 67.3 Å². The van der Waals surface area contributed by atoms with Crippen molar-refractivity contribution in [2.75, 3.05) is 16.6 Å². The summed E-state index contributed by atoms with van der Waals surface area (Å²) in [5, 5.41) is 2.32. The van der Waals surface area contributed by atoms with Crippen molar-refractivity contribution < 1.29 is 22.3 Å². The molecule has 0 saturated heterocycles. The van der Waals surface area contributed by atoms with Gasteiger partial charge >= 0.3 is 0 Å². The average molecular weight is 575 g/mol. The van der Waals surface area contributed by atoms with Crippen LogP contribution in [-0.4, -0.2) is 46.1 Å². The maximum Gasteiger partial charge on any atom is 0.237 e. The summed E-state index contributed by atoms with van der Waals surface area (Å²) in [4.78, 5) is 31.0. The predicted octanol–water partition coefficient (Wildman–Crippen LogP) is 4.05. The third-order valence-corrected chi connectivity index (χ3v) is 9.17. The van der Waals surface area contributed by atoms with E-state index in [-0.39, 0.29) is 11.5 Å². The number of hydrogen-bond donors (Lipinski definition) is 2. The highest BCUT2D eigenvalue weighted by atomic mass is 32.2. The molecule has 2 aromatic carbocycles. The number of benzene rings is 2. The third-order valence-electron chi connectivity index (χ3n) is 7.32. The number of aromatic nitrogens is 4. The fourth-order valence-electron chi connectivity index (χ4n) is 5.08. The van der Waals surface area contributed by atoms with Gasteiger partial charge in [0.25, 0.3) is 0 Å². The first-order valence-corrected chi connectivity index (χ1v) is 14.8. The van der Waals surface area contributed by atoms with Gasteiger partial charge in [-0.1, -0.05) is 30.3 Å². The zero-order valence-electron chi connectivity index (χ0n) is 22.2. The molecule has 1 amide bonds. The molecule has 12 heteroatoms. The molecule has 0 atom stereocenters. The minimum atomic E-state index is -3.57. The van der Waals surface area contributed by atoms with Crippen LogP contribution < -0.4 is 14.8 Å². The summed E-state index contributed by atoms with van der Waals surface area (Å²) in [5.74, 6) is -0.691. The van der Waals surface area contributed by atoms with Gasteiger partial charge in [0, 0.05) is 11.6 Å². The van der Waals surface area contributed by atoms with Gasteiger partial charge < -0.3 is 10.1 Å². The molecule has 6 rings (SSSR count). The van der Waals surface area contributed by atoms with Gasteiger partial charge in [-0.05, 0) is 55.9 Å². The Morgan fingerprint density at radius 3 is 2.51 bits per heavy atom. The maximum absolute atomic E-state index is 15.4. The number of halogens is 1. The highest BCUT2D eigenvalue weighted by Gasteiger charge is 2.47. The Kier molecular flexibility index (Phi) is 6.86. The summed E-state index contributed by atoms with van der Waals surface area (Å²) in [6.45, 7) is 2.25. The average Bonchev–Trinajstić information content (AvgIpc) is 3.75. The van der Waals surface area contributed by atoms with Crippen LogP contribution in [0.1, 0.15) is 36.6 Å². The van der Waals surface area contributed by atoms with Crippen molar-refractivity contribution >= 4 is 27.4 Å². The maximum atomic E-state index is 15.4. The summed E-state index contributed by atoms with van der Waals surface area (Å²) in [6, 6.07) is 13.6. The minimum Gasteiger partial charge on any atom is -0.477 e. The number of rotatable bonds is 9. The molecule has 2 aliphatic carbocycles. The summed E-state index contributed by atoms with van der Waals surface area (Å²) in [7, 11) is -3.57. The molecule has 2 heterocycles. The van der Waals surface area contributed by atoms with Crippen molar-refractivity contribution in [2.45, 2.75) is 43.3 Å². The van der Waals surface area contributed by atoms with Crippen LogP contribution >= 0.6 is 0 Å². The second-order valence-corrected chi connectivity index (χ2v) is 12.1. The van der Waals surface area contributed by atoms with Crippen molar-refractivity contribution in [1.82, 2.24) is 19.9 Å². The molecule has 210 valence electrons. The molecular formula is C29H27FN6O4S. The highest BCUT2D eigenvalue weighted by Crippen LogP contribution is 2.41. The van der Waals surface area contributed by atoms with E-state index in [1.165, 1.54) is 36.9 Å². The van der Waals surface area contributed by atoms with Crippen molar-refractivity contribution in [2.24, 2.45) is 0 Å². The van der Waals surface area contributed by atoms with Gasteiger partial charge in [0.1, 0.15) is 18.0 Å². The molecular weight excluding hydrogens is 547 g/mol. The Hall–Kier alpha value is -4.45. The fourth-order valence-corrected chi connectivity index (χ4v) is 6.40. The summed E-state index contributed by atoms with van der Waals surface area (Å²) in [5.41, 5.74) is 1.95. The number of carbonyl (C=O) groups is 1. The van der Waals surface area contributed by atoms with E-state index in [2.05, 4.69) is 30.0 Å². The number of fused-ring (bicyclic) bond motifs is 1. The lowest BCUT2D eigenvalue weighted by Gasteiger charge is -2.27. The number of anilines is 2. The highest BCUT2D eigenvalue weighted by molar-refractivity contribution is 7.93. The first-order chi connectivity index (χ1) is 19.8. The molecule has 0 spiro atoms. The van der Waals surface area contributed by atoms with Crippen LogP contribution in [0, 0.1) is 5.82 Å². The molecule has 0 aliphatic heterocycles. The topological polar surface area (TPSA) is 136 Å². The second-order valence-electron chi connectivity index (χ2n) is 10.2. The molecule has 41 heavy (non-hydrogen) atoms. The fraction of sp³-hybridized carbons (Fsp3) is 0.276. The Morgan fingerprint density at radius 1 is 1.07 bits per heavy atom. The monoisotopic (exact) mass is 574 g/mol. The predicted molar refractivity (Wildman–Crippen MR) is 150 cm³/mol. The van der Waals surface area contributed by atoms with Crippen LogP contribution in [0.2, 0.25) is 0 Å². The van der Waals surface area contributed by atoms with E-state index in [9.17, 15) is 13.2 Å². The number of nitrogens with one attached hydrogen (secondary N) is 2. The molecule has 0 unspecified atom stereocenters. The number of amides is 1. The Labute approximate surface area is 236 Å². The Balaban J connectivity index is 1.31. The third kappa shape index (κ3) is 5.34.